The van der Waals surface area contributed by atoms with Gasteiger partial charge in [-0.25, -0.2) is 4.98 Å². The number of carbonyl (C=O) groups is 2. The molecule has 2 fully saturated rings. The highest BCUT2D eigenvalue weighted by Crippen LogP contribution is 2.42. The molecule has 0 radical (unpaired) electrons. The second kappa shape index (κ2) is 11.3. The van der Waals surface area contributed by atoms with Gasteiger partial charge < -0.3 is 19.2 Å². The molecule has 1 aromatic carbocycles. The fraction of sp³-hybridized carbons (Fsp3) is 0.452. The number of allylic oxidation sites excluding steroid dienone is 1. The summed E-state index contributed by atoms with van der Waals surface area (Å²) in [4.78, 5) is 43.4. The van der Waals surface area contributed by atoms with Crippen LogP contribution in [0.15, 0.2) is 47.1 Å². The average Bonchev–Trinajstić information content (AvgIpc) is 3.69. The summed E-state index contributed by atoms with van der Waals surface area (Å²) in [6.45, 7) is 6.73. The SMILES string of the molecule is CC=CN1CCC[C@H]1c1noc(CN2C[C@H]3CC(=O)N(c4cc(C(F)(F)F)cc(C)n4)[C@@H]3C(=O)N(C)c3cccc(C)c32)n1. The Morgan fingerprint density at radius 2 is 1.93 bits per heavy atom. The number of rotatable bonds is 5. The van der Waals surface area contributed by atoms with Gasteiger partial charge in [0.05, 0.1) is 29.5 Å². The molecule has 3 atom stereocenters. The number of pyridine rings is 1. The lowest BCUT2D eigenvalue weighted by atomic mass is 9.95. The highest BCUT2D eigenvalue weighted by molar-refractivity contribution is 6.10. The number of halogens is 3. The van der Waals surface area contributed by atoms with E-state index in [-0.39, 0.29) is 37.1 Å². The third kappa shape index (κ3) is 5.28. The zero-order chi connectivity index (χ0) is 31.3. The standard InChI is InChI=1S/C31H34F3N7O3/c1-5-11-39-12-7-10-23(39)29-36-25(44-37-29)17-40-16-20-14-26(42)41(24-15-21(31(32,33)34)13-19(3)35-24)28(20)30(43)38(4)22-9-6-8-18(2)27(22)40/h5-6,8-9,11,13,15,20,23,28H,7,10,12,14,16-17H2,1-4H3/t20-,23+,28+/m1/s1. The Labute approximate surface area is 253 Å². The van der Waals surface area contributed by atoms with E-state index in [9.17, 15) is 22.8 Å². The van der Waals surface area contributed by atoms with Crippen molar-refractivity contribution < 1.29 is 27.3 Å². The predicted octanol–water partition coefficient (Wildman–Crippen LogP) is 5.18. The zero-order valence-electron chi connectivity index (χ0n) is 25.0. The van der Waals surface area contributed by atoms with Gasteiger partial charge in [0, 0.05) is 38.2 Å². The normalized spacial score (nSPS) is 22.6. The lowest BCUT2D eigenvalue weighted by Crippen LogP contribution is -2.52. The van der Waals surface area contributed by atoms with Gasteiger partial charge >= 0.3 is 6.18 Å². The summed E-state index contributed by atoms with van der Waals surface area (Å²) in [7, 11) is 1.62. The van der Waals surface area contributed by atoms with Crippen LogP contribution in [0, 0.1) is 19.8 Å². The number of alkyl halides is 3. The molecule has 3 aliphatic rings. The summed E-state index contributed by atoms with van der Waals surface area (Å²) in [5.41, 5.74) is 1.48. The number of carbonyl (C=O) groups excluding carboxylic acids is 2. The minimum absolute atomic E-state index is 0.0163. The maximum atomic E-state index is 14.1. The number of aryl methyl sites for hydroxylation is 2. The molecule has 232 valence electrons. The van der Waals surface area contributed by atoms with E-state index in [1.54, 1.807) is 7.05 Å². The minimum atomic E-state index is -4.63. The molecular formula is C31H34F3N7O3. The summed E-state index contributed by atoms with van der Waals surface area (Å²) in [5.74, 6) is -0.577. The number of likely N-dealkylation sites (tertiary alicyclic amines) is 1. The minimum Gasteiger partial charge on any atom is -0.367 e. The number of aromatic nitrogens is 3. The first kappa shape index (κ1) is 29.6. The third-order valence-corrected chi connectivity index (χ3v) is 8.62. The molecule has 0 spiro atoms. The second-order valence-electron chi connectivity index (χ2n) is 11.7. The quantitative estimate of drug-likeness (QED) is 0.391. The fourth-order valence-electron chi connectivity index (χ4n) is 6.71. The third-order valence-electron chi connectivity index (χ3n) is 8.62. The lowest BCUT2D eigenvalue weighted by molar-refractivity contribution is -0.137. The summed E-state index contributed by atoms with van der Waals surface area (Å²) >= 11 is 0. The number of amides is 2. The van der Waals surface area contributed by atoms with Crippen LogP contribution in [0.2, 0.25) is 0 Å². The van der Waals surface area contributed by atoms with Crippen LogP contribution >= 0.6 is 0 Å². The van der Waals surface area contributed by atoms with Gasteiger partial charge in [-0.1, -0.05) is 23.4 Å². The molecule has 0 saturated carbocycles. The van der Waals surface area contributed by atoms with E-state index in [1.165, 1.54) is 11.8 Å². The predicted molar refractivity (Wildman–Crippen MR) is 157 cm³/mol. The maximum Gasteiger partial charge on any atom is 0.416 e. The molecule has 2 saturated heterocycles. The van der Waals surface area contributed by atoms with Crippen LogP contribution in [0.5, 0.6) is 0 Å². The van der Waals surface area contributed by atoms with E-state index in [0.717, 1.165) is 47.7 Å². The molecule has 5 heterocycles. The molecule has 3 aromatic rings. The Balaban J connectivity index is 1.38. The molecule has 0 unspecified atom stereocenters. The van der Waals surface area contributed by atoms with Crippen molar-refractivity contribution in [3.8, 4) is 0 Å². The van der Waals surface area contributed by atoms with Gasteiger partial charge in [0.1, 0.15) is 11.9 Å². The van der Waals surface area contributed by atoms with E-state index < -0.39 is 35.5 Å². The van der Waals surface area contributed by atoms with E-state index >= 15 is 0 Å². The van der Waals surface area contributed by atoms with Crippen LogP contribution in [-0.2, 0) is 22.3 Å². The zero-order valence-corrected chi connectivity index (χ0v) is 25.0. The van der Waals surface area contributed by atoms with E-state index in [2.05, 4.69) is 15.0 Å². The van der Waals surface area contributed by atoms with Crippen molar-refractivity contribution in [2.24, 2.45) is 5.92 Å². The van der Waals surface area contributed by atoms with Gasteiger partial charge in [0.2, 0.25) is 17.7 Å². The number of benzene rings is 1. The number of fused-ring (bicyclic) bond motifs is 2. The molecule has 3 aliphatic heterocycles. The van der Waals surface area contributed by atoms with E-state index in [4.69, 9.17) is 9.51 Å². The largest absolute Gasteiger partial charge is 0.416 e. The van der Waals surface area contributed by atoms with Gasteiger partial charge in [0.15, 0.2) is 5.82 Å². The van der Waals surface area contributed by atoms with Gasteiger partial charge in [-0.05, 0) is 63.6 Å². The van der Waals surface area contributed by atoms with Crippen LogP contribution in [-0.4, -0.2) is 58.0 Å². The van der Waals surface area contributed by atoms with Crippen molar-refractivity contribution in [1.82, 2.24) is 20.0 Å². The Kier molecular flexibility index (Phi) is 7.58. The molecule has 44 heavy (non-hydrogen) atoms. The Morgan fingerprint density at radius 3 is 2.68 bits per heavy atom. The highest BCUT2D eigenvalue weighted by Gasteiger charge is 2.49. The number of likely N-dealkylation sites (N-methyl/N-ethyl adjacent to an activating group) is 1. The second-order valence-corrected chi connectivity index (χ2v) is 11.7. The molecule has 2 aromatic heterocycles. The van der Waals surface area contributed by atoms with Crippen molar-refractivity contribution in [1.29, 1.82) is 0 Å². The van der Waals surface area contributed by atoms with E-state index in [0.29, 0.717) is 17.4 Å². The number of para-hydroxylation sites is 1. The first-order valence-electron chi connectivity index (χ1n) is 14.7. The van der Waals surface area contributed by atoms with Crippen LogP contribution < -0.4 is 14.7 Å². The monoisotopic (exact) mass is 609 g/mol. The number of anilines is 3. The van der Waals surface area contributed by atoms with Crippen LogP contribution in [0.1, 0.15) is 60.8 Å². The van der Waals surface area contributed by atoms with Crippen molar-refractivity contribution in [2.45, 2.75) is 64.8 Å². The van der Waals surface area contributed by atoms with Crippen molar-refractivity contribution in [3.63, 3.8) is 0 Å². The molecule has 13 heteroatoms. The van der Waals surface area contributed by atoms with Gasteiger partial charge in [-0.3, -0.25) is 14.5 Å². The number of hydrogen-bond acceptors (Lipinski definition) is 8. The summed E-state index contributed by atoms with van der Waals surface area (Å²) in [6.07, 6.45) is 1.27. The van der Waals surface area contributed by atoms with Crippen molar-refractivity contribution >= 4 is 29.0 Å². The molecular weight excluding hydrogens is 575 g/mol. The first-order chi connectivity index (χ1) is 21.0. The summed E-state index contributed by atoms with van der Waals surface area (Å²) in [5, 5.41) is 4.29. The van der Waals surface area contributed by atoms with Crippen LogP contribution in [0.3, 0.4) is 0 Å². The van der Waals surface area contributed by atoms with Crippen LogP contribution in [0.25, 0.3) is 0 Å². The van der Waals surface area contributed by atoms with Gasteiger partial charge in [-0.2, -0.15) is 18.2 Å². The molecule has 10 nitrogen and oxygen atoms in total. The fourth-order valence-corrected chi connectivity index (χ4v) is 6.71. The molecule has 0 N–H and O–H groups in total. The first-order valence-corrected chi connectivity index (χ1v) is 14.7. The van der Waals surface area contributed by atoms with Gasteiger partial charge in [0.25, 0.3) is 0 Å². The van der Waals surface area contributed by atoms with Crippen molar-refractivity contribution in [3.05, 3.63) is 71.1 Å². The lowest BCUT2D eigenvalue weighted by Gasteiger charge is -2.39. The Morgan fingerprint density at radius 1 is 1.14 bits per heavy atom. The highest BCUT2D eigenvalue weighted by atomic mass is 19.4. The van der Waals surface area contributed by atoms with Crippen molar-refractivity contribution in [2.75, 3.05) is 34.8 Å². The molecule has 0 aliphatic carbocycles. The Hall–Kier alpha value is -4.42. The molecule has 0 bridgehead atoms. The van der Waals surface area contributed by atoms with E-state index in [1.807, 2.05) is 49.2 Å². The summed E-state index contributed by atoms with van der Waals surface area (Å²) < 4.78 is 46.9. The average molecular weight is 610 g/mol. The Bertz CT molecular complexity index is 1620. The topological polar surface area (TPSA) is 98.9 Å². The van der Waals surface area contributed by atoms with Gasteiger partial charge in [-0.15, -0.1) is 0 Å². The molecule has 6 rings (SSSR count). The number of nitrogens with zero attached hydrogens (tertiary/aromatic N) is 7. The smallest absolute Gasteiger partial charge is 0.367 e. The van der Waals surface area contributed by atoms with Crippen LogP contribution in [0.4, 0.5) is 30.4 Å². The maximum absolute atomic E-state index is 14.1. The number of hydrogen-bond donors (Lipinski definition) is 0. The molecule has 2 amide bonds. The summed E-state index contributed by atoms with van der Waals surface area (Å²) in [6, 6.07) is 6.33.